The third-order valence-electron chi connectivity index (χ3n) is 4.97. The Bertz CT molecular complexity index is 1210. The van der Waals surface area contributed by atoms with E-state index in [2.05, 4.69) is 4.72 Å². The zero-order valence-corrected chi connectivity index (χ0v) is 17.4. The number of benzene rings is 3. The largest absolute Gasteiger partial charge is 0.308 e. The number of sulfonamides is 1. The van der Waals surface area contributed by atoms with Crippen LogP contribution in [-0.4, -0.2) is 20.9 Å². The summed E-state index contributed by atoms with van der Waals surface area (Å²) >= 11 is 5.99. The Kier molecular flexibility index (Phi) is 5.60. The van der Waals surface area contributed by atoms with Crippen molar-refractivity contribution in [2.24, 2.45) is 0 Å². The summed E-state index contributed by atoms with van der Waals surface area (Å²) in [5.74, 6) is -0.585. The summed E-state index contributed by atoms with van der Waals surface area (Å²) in [6.45, 7) is 0.618. The molecule has 3 aromatic carbocycles. The molecule has 0 aliphatic carbocycles. The summed E-state index contributed by atoms with van der Waals surface area (Å²) in [5.41, 5.74) is 2.93. The number of carbonyl (C=O) groups excluding carboxylic acids is 1. The molecule has 0 saturated carbocycles. The highest BCUT2D eigenvalue weighted by Gasteiger charge is 2.26. The molecule has 3 aromatic rings. The van der Waals surface area contributed by atoms with Gasteiger partial charge in [-0.3, -0.25) is 4.79 Å². The van der Waals surface area contributed by atoms with Gasteiger partial charge >= 0.3 is 0 Å². The smallest absolute Gasteiger partial charge is 0.258 e. The highest BCUT2D eigenvalue weighted by molar-refractivity contribution is 7.89. The quantitative estimate of drug-likeness (QED) is 0.642. The third-order valence-corrected chi connectivity index (χ3v) is 6.87. The number of carbonyl (C=O) groups is 1. The molecule has 154 valence electrons. The lowest BCUT2D eigenvalue weighted by molar-refractivity contribution is 0.0989. The molecule has 0 radical (unpaired) electrons. The lowest BCUT2D eigenvalue weighted by Gasteiger charge is -2.18. The minimum Gasteiger partial charge on any atom is -0.308 e. The van der Waals surface area contributed by atoms with Crippen molar-refractivity contribution in [3.63, 3.8) is 0 Å². The van der Waals surface area contributed by atoms with Crippen LogP contribution in [0, 0.1) is 5.82 Å². The molecule has 0 atom stereocenters. The maximum absolute atomic E-state index is 13.1. The number of amides is 1. The van der Waals surface area contributed by atoms with Gasteiger partial charge < -0.3 is 4.90 Å². The number of anilines is 1. The topological polar surface area (TPSA) is 66.5 Å². The molecular weight excluding hydrogens is 427 g/mol. The Balaban J connectivity index is 1.49. The van der Waals surface area contributed by atoms with Crippen molar-refractivity contribution in [1.82, 2.24) is 4.72 Å². The van der Waals surface area contributed by atoms with Gasteiger partial charge in [0.05, 0.1) is 5.02 Å². The van der Waals surface area contributed by atoms with Crippen LogP contribution < -0.4 is 9.62 Å². The molecule has 8 heteroatoms. The molecule has 1 N–H and O–H groups in total. The molecule has 0 spiro atoms. The Hall–Kier alpha value is -2.74. The van der Waals surface area contributed by atoms with Crippen molar-refractivity contribution in [1.29, 1.82) is 0 Å². The van der Waals surface area contributed by atoms with Gasteiger partial charge in [0.1, 0.15) is 10.7 Å². The predicted octanol–water partition coefficient (Wildman–Crippen LogP) is 4.16. The second-order valence-electron chi connectivity index (χ2n) is 6.93. The highest BCUT2D eigenvalue weighted by Crippen LogP contribution is 2.30. The SMILES string of the molecule is O=C(c1ccc(F)cc1)N1CCc2cc(CNS(=O)(=O)c3ccccc3Cl)ccc21. The molecule has 0 unspecified atom stereocenters. The van der Waals surface area contributed by atoms with E-state index in [1.165, 1.54) is 36.4 Å². The second-order valence-corrected chi connectivity index (χ2v) is 9.07. The van der Waals surface area contributed by atoms with E-state index in [4.69, 9.17) is 11.6 Å². The molecular formula is C22H18ClFN2O3S. The fraction of sp³-hybridized carbons (Fsp3) is 0.136. The van der Waals surface area contributed by atoms with Gasteiger partial charge in [0, 0.05) is 24.3 Å². The van der Waals surface area contributed by atoms with E-state index in [0.717, 1.165) is 16.8 Å². The van der Waals surface area contributed by atoms with Crippen LogP contribution in [0.15, 0.2) is 71.6 Å². The molecule has 0 bridgehead atoms. The monoisotopic (exact) mass is 444 g/mol. The van der Waals surface area contributed by atoms with E-state index in [1.54, 1.807) is 23.1 Å². The average molecular weight is 445 g/mol. The molecule has 0 saturated heterocycles. The van der Waals surface area contributed by atoms with Gasteiger partial charge in [-0.1, -0.05) is 35.9 Å². The summed E-state index contributed by atoms with van der Waals surface area (Å²) in [5, 5.41) is 0.161. The van der Waals surface area contributed by atoms with Crippen molar-refractivity contribution in [2.75, 3.05) is 11.4 Å². The lowest BCUT2D eigenvalue weighted by atomic mass is 10.1. The van der Waals surface area contributed by atoms with Crippen LogP contribution in [0.3, 0.4) is 0 Å². The molecule has 1 aliphatic heterocycles. The Labute approximate surface area is 179 Å². The molecule has 0 aromatic heterocycles. The fourth-order valence-electron chi connectivity index (χ4n) is 3.44. The second kappa shape index (κ2) is 8.18. The van der Waals surface area contributed by atoms with Gasteiger partial charge in [-0.05, 0) is 60.0 Å². The van der Waals surface area contributed by atoms with Crippen molar-refractivity contribution in [3.05, 3.63) is 94.3 Å². The predicted molar refractivity (Wildman–Crippen MR) is 114 cm³/mol. The van der Waals surface area contributed by atoms with Crippen LogP contribution >= 0.6 is 11.6 Å². The summed E-state index contributed by atoms with van der Waals surface area (Å²) in [6, 6.07) is 17.2. The van der Waals surface area contributed by atoms with Crippen LogP contribution in [0.2, 0.25) is 5.02 Å². The van der Waals surface area contributed by atoms with Crippen LogP contribution in [0.1, 0.15) is 21.5 Å². The lowest BCUT2D eigenvalue weighted by Crippen LogP contribution is -2.28. The number of hydrogen-bond donors (Lipinski definition) is 1. The van der Waals surface area contributed by atoms with Gasteiger partial charge in [-0.25, -0.2) is 17.5 Å². The fourth-order valence-corrected chi connectivity index (χ4v) is 4.98. The number of fused-ring (bicyclic) bond motifs is 1. The van der Waals surface area contributed by atoms with Gasteiger partial charge in [-0.15, -0.1) is 0 Å². The first-order valence-corrected chi connectivity index (χ1v) is 11.1. The van der Waals surface area contributed by atoms with Crippen LogP contribution in [-0.2, 0) is 23.0 Å². The average Bonchev–Trinajstić information content (AvgIpc) is 3.16. The van der Waals surface area contributed by atoms with Gasteiger partial charge in [0.15, 0.2) is 0 Å². The van der Waals surface area contributed by atoms with E-state index in [0.29, 0.717) is 18.5 Å². The maximum atomic E-state index is 13.1. The molecule has 1 aliphatic rings. The van der Waals surface area contributed by atoms with Crippen molar-refractivity contribution >= 4 is 33.2 Å². The standard InChI is InChI=1S/C22H18ClFN2O3S/c23-19-3-1-2-4-21(19)30(28,29)25-14-15-5-10-20-17(13-15)11-12-26(20)22(27)16-6-8-18(24)9-7-16/h1-10,13,25H,11-12,14H2. The van der Waals surface area contributed by atoms with Gasteiger partial charge in [-0.2, -0.15) is 0 Å². The molecule has 0 fully saturated rings. The summed E-state index contributed by atoms with van der Waals surface area (Å²) in [7, 11) is -3.74. The Morgan fingerprint density at radius 1 is 1.07 bits per heavy atom. The molecule has 5 nitrogen and oxygen atoms in total. The molecule has 4 rings (SSSR count). The Morgan fingerprint density at radius 3 is 2.53 bits per heavy atom. The van der Waals surface area contributed by atoms with Crippen LogP contribution in [0.5, 0.6) is 0 Å². The normalized spacial score (nSPS) is 13.3. The van der Waals surface area contributed by atoms with Crippen LogP contribution in [0.4, 0.5) is 10.1 Å². The van der Waals surface area contributed by atoms with Gasteiger partial charge in [0.25, 0.3) is 5.91 Å². The minimum absolute atomic E-state index is 0.0314. The number of nitrogens with zero attached hydrogens (tertiary/aromatic N) is 1. The summed E-state index contributed by atoms with van der Waals surface area (Å²) < 4.78 is 40.7. The van der Waals surface area contributed by atoms with E-state index < -0.39 is 15.8 Å². The van der Waals surface area contributed by atoms with Gasteiger partial charge in [0.2, 0.25) is 10.0 Å². The van der Waals surface area contributed by atoms with Crippen molar-refractivity contribution in [2.45, 2.75) is 17.9 Å². The highest BCUT2D eigenvalue weighted by atomic mass is 35.5. The molecule has 1 amide bonds. The van der Waals surface area contributed by atoms with E-state index >= 15 is 0 Å². The zero-order valence-electron chi connectivity index (χ0n) is 15.8. The first kappa shape index (κ1) is 20.5. The number of rotatable bonds is 5. The first-order valence-electron chi connectivity index (χ1n) is 9.28. The number of nitrogens with one attached hydrogen (secondary N) is 1. The third kappa shape index (κ3) is 4.09. The van der Waals surface area contributed by atoms with Crippen molar-refractivity contribution in [3.8, 4) is 0 Å². The zero-order chi connectivity index (χ0) is 21.3. The van der Waals surface area contributed by atoms with Crippen LogP contribution in [0.25, 0.3) is 0 Å². The molecule has 30 heavy (non-hydrogen) atoms. The minimum atomic E-state index is -3.74. The molecule has 1 heterocycles. The summed E-state index contributed by atoms with van der Waals surface area (Å²) in [4.78, 5) is 14.4. The Morgan fingerprint density at radius 2 is 1.80 bits per heavy atom. The van der Waals surface area contributed by atoms with Crippen molar-refractivity contribution < 1.29 is 17.6 Å². The number of halogens is 2. The van der Waals surface area contributed by atoms with E-state index in [-0.39, 0.29) is 22.4 Å². The summed E-state index contributed by atoms with van der Waals surface area (Å²) in [6.07, 6.45) is 0.660. The van der Waals surface area contributed by atoms with E-state index in [9.17, 15) is 17.6 Å². The number of hydrogen-bond acceptors (Lipinski definition) is 3. The maximum Gasteiger partial charge on any atom is 0.258 e. The first-order chi connectivity index (χ1) is 14.3. The van der Waals surface area contributed by atoms with E-state index in [1.807, 2.05) is 12.1 Å².